The van der Waals surface area contributed by atoms with Crippen LogP contribution >= 0.6 is 11.6 Å². The van der Waals surface area contributed by atoms with E-state index >= 15 is 0 Å². The van der Waals surface area contributed by atoms with Crippen molar-refractivity contribution in [1.82, 2.24) is 0 Å². The molecule has 1 saturated carbocycles. The van der Waals surface area contributed by atoms with Crippen molar-refractivity contribution in [2.75, 3.05) is 12.5 Å². The van der Waals surface area contributed by atoms with Gasteiger partial charge in [0.1, 0.15) is 6.10 Å². The third-order valence-electron chi connectivity index (χ3n) is 3.77. The van der Waals surface area contributed by atoms with E-state index in [9.17, 15) is 9.59 Å². The van der Waals surface area contributed by atoms with E-state index in [-0.39, 0.29) is 17.5 Å². The molecule has 0 spiro atoms. The predicted molar refractivity (Wildman–Crippen MR) is 76.5 cm³/mol. The number of hydrogen-bond acceptors (Lipinski definition) is 4. The van der Waals surface area contributed by atoms with Crippen LogP contribution in [0.5, 0.6) is 0 Å². The van der Waals surface area contributed by atoms with E-state index < -0.39 is 6.09 Å². The second kappa shape index (κ2) is 7.53. The zero-order chi connectivity index (χ0) is 15.2. The molecule has 0 bridgehead atoms. The third kappa shape index (κ3) is 5.04. The first kappa shape index (κ1) is 16.8. The number of alkyl halides is 1. The van der Waals surface area contributed by atoms with Crippen LogP contribution in [0.15, 0.2) is 12.2 Å². The number of amides is 1. The van der Waals surface area contributed by atoms with Gasteiger partial charge in [0.05, 0.1) is 6.61 Å². The molecule has 6 heteroatoms. The van der Waals surface area contributed by atoms with Crippen LogP contribution in [-0.4, -0.2) is 30.7 Å². The van der Waals surface area contributed by atoms with Crippen LogP contribution in [0, 0.1) is 5.41 Å². The molecule has 0 heterocycles. The smallest absolute Gasteiger partial charge is 0.404 e. The van der Waals surface area contributed by atoms with Gasteiger partial charge in [0, 0.05) is 11.5 Å². The fraction of sp³-hybridized carbons (Fsp3) is 0.714. The Kier molecular flexibility index (Phi) is 6.33. The van der Waals surface area contributed by atoms with Gasteiger partial charge in [0.15, 0.2) is 0 Å². The molecule has 0 aromatic rings. The SMILES string of the molecule is C=C(C)C(=O)OCCC1(CCl)CCC(OC(N)=O)CC1. The van der Waals surface area contributed by atoms with Crippen LogP contribution in [0.3, 0.4) is 0 Å². The Morgan fingerprint density at radius 3 is 2.45 bits per heavy atom. The molecule has 0 atom stereocenters. The summed E-state index contributed by atoms with van der Waals surface area (Å²) < 4.78 is 10.1. The average molecular weight is 304 g/mol. The van der Waals surface area contributed by atoms with Crippen LogP contribution in [0.25, 0.3) is 0 Å². The van der Waals surface area contributed by atoms with Crippen molar-refractivity contribution in [2.45, 2.75) is 45.1 Å². The van der Waals surface area contributed by atoms with E-state index in [1.165, 1.54) is 0 Å². The molecule has 5 nitrogen and oxygen atoms in total. The van der Waals surface area contributed by atoms with E-state index in [0.29, 0.717) is 24.5 Å². The first-order valence-electron chi connectivity index (χ1n) is 6.73. The molecule has 0 saturated heterocycles. The van der Waals surface area contributed by atoms with Gasteiger partial charge in [-0.15, -0.1) is 11.6 Å². The van der Waals surface area contributed by atoms with Crippen LogP contribution in [-0.2, 0) is 14.3 Å². The molecule has 1 fully saturated rings. The Morgan fingerprint density at radius 1 is 1.40 bits per heavy atom. The number of halogens is 1. The predicted octanol–water partition coefficient (Wildman–Crippen LogP) is 2.76. The minimum Gasteiger partial charge on any atom is -0.462 e. The molecule has 0 aromatic carbocycles. The zero-order valence-corrected chi connectivity index (χ0v) is 12.6. The quantitative estimate of drug-likeness (QED) is 0.465. The van der Waals surface area contributed by atoms with Crippen LogP contribution < -0.4 is 5.73 Å². The van der Waals surface area contributed by atoms with Gasteiger partial charge in [-0.3, -0.25) is 0 Å². The number of hydrogen-bond donors (Lipinski definition) is 1. The summed E-state index contributed by atoms with van der Waals surface area (Å²) in [5, 5.41) is 0. The van der Waals surface area contributed by atoms with E-state index in [0.717, 1.165) is 25.7 Å². The summed E-state index contributed by atoms with van der Waals surface area (Å²) in [7, 11) is 0. The van der Waals surface area contributed by atoms with Crippen molar-refractivity contribution >= 4 is 23.7 Å². The highest BCUT2D eigenvalue weighted by Gasteiger charge is 2.35. The molecular formula is C14H22ClNO4. The molecule has 1 aliphatic rings. The number of ether oxygens (including phenoxy) is 2. The van der Waals surface area contributed by atoms with E-state index in [1.54, 1.807) is 6.92 Å². The minimum absolute atomic E-state index is 0.0611. The summed E-state index contributed by atoms with van der Waals surface area (Å²) in [6.45, 7) is 5.48. The van der Waals surface area contributed by atoms with Gasteiger partial charge in [-0.25, -0.2) is 9.59 Å². The zero-order valence-electron chi connectivity index (χ0n) is 11.8. The lowest BCUT2D eigenvalue weighted by Crippen LogP contribution is -2.35. The number of esters is 1. The summed E-state index contributed by atoms with van der Waals surface area (Å²) in [6, 6.07) is 0. The molecule has 1 aliphatic carbocycles. The highest BCUT2D eigenvalue weighted by atomic mass is 35.5. The normalized spacial score (nSPS) is 25.8. The number of carbonyl (C=O) groups excluding carboxylic acids is 2. The van der Waals surface area contributed by atoms with Crippen molar-refractivity contribution in [1.29, 1.82) is 0 Å². The maximum Gasteiger partial charge on any atom is 0.404 e. The van der Waals surface area contributed by atoms with Gasteiger partial charge >= 0.3 is 12.1 Å². The first-order valence-corrected chi connectivity index (χ1v) is 7.27. The lowest BCUT2D eigenvalue weighted by Gasteiger charge is -2.38. The maximum atomic E-state index is 11.3. The van der Waals surface area contributed by atoms with Gasteiger partial charge in [0.25, 0.3) is 0 Å². The van der Waals surface area contributed by atoms with E-state index in [1.807, 2.05) is 0 Å². The number of carbonyl (C=O) groups is 2. The number of nitrogens with two attached hydrogens (primary N) is 1. The molecule has 0 aromatic heterocycles. The van der Waals surface area contributed by atoms with Gasteiger partial charge in [-0.1, -0.05) is 6.58 Å². The topological polar surface area (TPSA) is 78.6 Å². The highest BCUT2D eigenvalue weighted by molar-refractivity contribution is 6.18. The second-order valence-electron chi connectivity index (χ2n) is 5.44. The summed E-state index contributed by atoms with van der Waals surface area (Å²) in [4.78, 5) is 22.0. The maximum absolute atomic E-state index is 11.3. The average Bonchev–Trinajstić information content (AvgIpc) is 2.40. The Hall–Kier alpha value is -1.23. The minimum atomic E-state index is -0.733. The van der Waals surface area contributed by atoms with Crippen molar-refractivity contribution in [3.8, 4) is 0 Å². The van der Waals surface area contributed by atoms with Crippen molar-refractivity contribution in [3.05, 3.63) is 12.2 Å². The van der Waals surface area contributed by atoms with Gasteiger partial charge in [-0.05, 0) is 44.4 Å². The summed E-state index contributed by atoms with van der Waals surface area (Å²) >= 11 is 6.08. The Labute approximate surface area is 124 Å². The van der Waals surface area contributed by atoms with Crippen molar-refractivity contribution in [2.24, 2.45) is 11.1 Å². The summed E-state index contributed by atoms with van der Waals surface area (Å²) in [6.07, 6.45) is 3.00. The number of rotatable bonds is 6. The first-order chi connectivity index (χ1) is 9.38. The van der Waals surface area contributed by atoms with Crippen molar-refractivity contribution in [3.63, 3.8) is 0 Å². The van der Waals surface area contributed by atoms with E-state index in [4.69, 9.17) is 26.8 Å². The van der Waals surface area contributed by atoms with E-state index in [2.05, 4.69) is 6.58 Å². The Bertz CT molecular complexity index is 375. The molecule has 1 rings (SSSR count). The molecule has 0 aliphatic heterocycles. The van der Waals surface area contributed by atoms with Crippen LogP contribution in [0.1, 0.15) is 39.0 Å². The molecule has 114 valence electrons. The molecule has 0 radical (unpaired) electrons. The van der Waals surface area contributed by atoms with Crippen LogP contribution in [0.4, 0.5) is 4.79 Å². The molecule has 0 unspecified atom stereocenters. The molecular weight excluding hydrogens is 282 g/mol. The Balaban J connectivity index is 2.40. The van der Waals surface area contributed by atoms with Gasteiger partial charge in [0.2, 0.25) is 0 Å². The second-order valence-corrected chi connectivity index (χ2v) is 5.70. The van der Waals surface area contributed by atoms with Gasteiger partial charge < -0.3 is 15.2 Å². The summed E-state index contributed by atoms with van der Waals surface area (Å²) in [5.74, 6) is 0.126. The summed E-state index contributed by atoms with van der Waals surface area (Å²) in [5.41, 5.74) is 5.34. The lowest BCUT2D eigenvalue weighted by molar-refractivity contribution is -0.139. The standard InChI is InChI=1S/C14H22ClNO4/c1-10(2)12(17)19-8-7-14(9-15)5-3-11(4-6-14)20-13(16)18/h11H,1,3-9H2,2H3,(H2,16,18). The lowest BCUT2D eigenvalue weighted by atomic mass is 9.72. The fourth-order valence-electron chi connectivity index (χ4n) is 2.42. The van der Waals surface area contributed by atoms with Gasteiger partial charge in [-0.2, -0.15) is 0 Å². The highest BCUT2D eigenvalue weighted by Crippen LogP contribution is 2.41. The largest absolute Gasteiger partial charge is 0.462 e. The third-order valence-corrected chi connectivity index (χ3v) is 4.34. The number of primary amides is 1. The fourth-order valence-corrected chi connectivity index (χ4v) is 2.82. The van der Waals surface area contributed by atoms with Crippen LogP contribution in [0.2, 0.25) is 0 Å². The molecule has 2 N–H and O–H groups in total. The monoisotopic (exact) mass is 303 g/mol. The van der Waals surface area contributed by atoms with Crippen molar-refractivity contribution < 1.29 is 19.1 Å². The molecule has 20 heavy (non-hydrogen) atoms. The molecule has 1 amide bonds. The Morgan fingerprint density at radius 2 is 2.00 bits per heavy atom.